The molecule has 3 heterocycles. The number of halogens is 1. The lowest BCUT2D eigenvalue weighted by molar-refractivity contribution is -0.778. The Morgan fingerprint density at radius 3 is 2.60 bits per heavy atom. The summed E-state index contributed by atoms with van der Waals surface area (Å²) in [4.78, 5) is 13.4. The minimum absolute atomic E-state index is 0. The van der Waals surface area contributed by atoms with Crippen molar-refractivity contribution in [2.45, 2.75) is 49.5 Å². The standard InChI is InChI=1S/C16H23N2O6.ClH/c1-17-10(4-5-12(17)20)9-3-2-6-18(7-9)16-15(23)14(22)13(21)11(8-19)24-16;/h2-3,6-7,10-11,13-16,19,21-23H,4-5,8H2,1H3;1H/q+1;/p-1. The van der Waals surface area contributed by atoms with Gasteiger partial charge in [0.05, 0.1) is 12.6 Å². The molecule has 2 fully saturated rings. The monoisotopic (exact) mass is 374 g/mol. The summed E-state index contributed by atoms with van der Waals surface area (Å²) in [6.45, 7) is -0.471. The van der Waals surface area contributed by atoms with Crippen molar-refractivity contribution in [1.29, 1.82) is 0 Å². The Bertz CT molecular complexity index is 616. The van der Waals surface area contributed by atoms with Crippen LogP contribution in [0.15, 0.2) is 24.5 Å². The van der Waals surface area contributed by atoms with Crippen LogP contribution in [0, 0.1) is 0 Å². The molecule has 6 atom stereocenters. The molecule has 0 saturated carbocycles. The van der Waals surface area contributed by atoms with E-state index in [1.54, 1.807) is 35.0 Å². The van der Waals surface area contributed by atoms with Crippen LogP contribution in [0.25, 0.3) is 0 Å². The summed E-state index contributed by atoms with van der Waals surface area (Å²) in [6.07, 6.45) is -1.41. The van der Waals surface area contributed by atoms with Gasteiger partial charge in [0.15, 0.2) is 18.5 Å². The van der Waals surface area contributed by atoms with Crippen LogP contribution in [-0.2, 0) is 9.53 Å². The smallest absolute Gasteiger partial charge is 0.292 e. The molecular weight excluding hydrogens is 352 g/mol. The van der Waals surface area contributed by atoms with Gasteiger partial charge in [0, 0.05) is 25.1 Å². The Morgan fingerprint density at radius 1 is 1.28 bits per heavy atom. The zero-order valence-corrected chi connectivity index (χ0v) is 14.5. The first-order chi connectivity index (χ1) is 11.4. The number of carbonyl (C=O) groups is 1. The number of hydrogen-bond donors (Lipinski definition) is 4. The molecule has 3 rings (SSSR count). The van der Waals surface area contributed by atoms with Gasteiger partial charge >= 0.3 is 0 Å². The van der Waals surface area contributed by atoms with Crippen LogP contribution in [-0.4, -0.2) is 69.3 Å². The van der Waals surface area contributed by atoms with E-state index >= 15 is 0 Å². The van der Waals surface area contributed by atoms with Gasteiger partial charge in [-0.3, -0.25) is 4.79 Å². The maximum atomic E-state index is 11.7. The summed E-state index contributed by atoms with van der Waals surface area (Å²) in [7, 11) is 1.76. The van der Waals surface area contributed by atoms with Crippen LogP contribution in [0.3, 0.4) is 0 Å². The average Bonchev–Trinajstić information content (AvgIpc) is 2.92. The van der Waals surface area contributed by atoms with Crippen LogP contribution >= 0.6 is 0 Å². The predicted octanol–water partition coefficient (Wildman–Crippen LogP) is -4.76. The lowest BCUT2D eigenvalue weighted by atomic mass is 9.98. The first-order valence-corrected chi connectivity index (χ1v) is 8.01. The van der Waals surface area contributed by atoms with Crippen LogP contribution in [0.5, 0.6) is 0 Å². The first kappa shape index (κ1) is 20.0. The van der Waals surface area contributed by atoms with E-state index in [2.05, 4.69) is 0 Å². The van der Waals surface area contributed by atoms with Crippen LogP contribution in [0.1, 0.15) is 30.7 Å². The fourth-order valence-corrected chi connectivity index (χ4v) is 3.39. The fourth-order valence-electron chi connectivity index (χ4n) is 3.39. The van der Waals surface area contributed by atoms with Gasteiger partial charge in [-0.05, 0) is 12.5 Å². The molecule has 140 valence electrons. The zero-order chi connectivity index (χ0) is 17.4. The Hall–Kier alpha value is -1.29. The number of pyridine rings is 1. The minimum Gasteiger partial charge on any atom is -1.00 e. The number of aromatic nitrogens is 1. The highest BCUT2D eigenvalue weighted by Gasteiger charge is 2.48. The number of ether oxygens (including phenoxy) is 1. The molecule has 0 spiro atoms. The summed E-state index contributed by atoms with van der Waals surface area (Å²) in [5.74, 6) is 0.0863. The molecular formula is C16H23ClN2O6. The van der Waals surface area contributed by atoms with E-state index in [4.69, 9.17) is 4.74 Å². The van der Waals surface area contributed by atoms with E-state index < -0.39 is 37.3 Å². The second-order valence-electron chi connectivity index (χ2n) is 6.36. The highest BCUT2D eigenvalue weighted by atomic mass is 35.5. The summed E-state index contributed by atoms with van der Waals surface area (Å²) in [5.41, 5.74) is 0.891. The van der Waals surface area contributed by atoms with Crippen LogP contribution < -0.4 is 17.0 Å². The van der Waals surface area contributed by atoms with E-state index in [9.17, 15) is 25.2 Å². The highest BCUT2D eigenvalue weighted by Crippen LogP contribution is 2.31. The number of aliphatic hydroxyl groups is 4. The SMILES string of the molecule is CN1C(=O)CCC1c1ccc[n+](C2OC(CO)C(O)C(O)C2O)c1.[Cl-]. The quantitative estimate of drug-likeness (QED) is 0.395. The number of carbonyl (C=O) groups excluding carboxylic acids is 1. The molecule has 8 nitrogen and oxygen atoms in total. The maximum absolute atomic E-state index is 11.7. The van der Waals surface area contributed by atoms with Gasteiger partial charge < -0.3 is 42.5 Å². The van der Waals surface area contributed by atoms with Gasteiger partial charge in [-0.15, -0.1) is 0 Å². The van der Waals surface area contributed by atoms with Gasteiger partial charge in [-0.25, -0.2) is 0 Å². The van der Waals surface area contributed by atoms with Crippen molar-refractivity contribution in [3.63, 3.8) is 0 Å². The van der Waals surface area contributed by atoms with E-state index in [0.717, 1.165) is 5.56 Å². The molecule has 1 amide bonds. The van der Waals surface area contributed by atoms with Gasteiger partial charge in [0.25, 0.3) is 6.23 Å². The molecule has 2 aliphatic rings. The number of amides is 1. The molecule has 0 radical (unpaired) electrons. The molecule has 1 aromatic rings. The third-order valence-corrected chi connectivity index (χ3v) is 4.88. The molecule has 1 aromatic heterocycles. The maximum Gasteiger partial charge on any atom is 0.292 e. The van der Waals surface area contributed by atoms with E-state index in [1.165, 1.54) is 0 Å². The van der Waals surface area contributed by atoms with Crippen molar-refractivity contribution >= 4 is 5.91 Å². The van der Waals surface area contributed by atoms with Crippen molar-refractivity contribution in [2.24, 2.45) is 0 Å². The first-order valence-electron chi connectivity index (χ1n) is 8.01. The number of nitrogens with zero attached hydrogens (tertiary/aromatic N) is 2. The normalized spacial score (nSPS) is 35.6. The topological polar surface area (TPSA) is 114 Å². The predicted molar refractivity (Wildman–Crippen MR) is 80.4 cm³/mol. The molecule has 0 aromatic carbocycles. The van der Waals surface area contributed by atoms with Crippen LogP contribution in [0.2, 0.25) is 0 Å². The highest BCUT2D eigenvalue weighted by molar-refractivity contribution is 5.78. The fraction of sp³-hybridized carbons (Fsp3) is 0.625. The Kier molecular flexibility index (Phi) is 6.36. The van der Waals surface area contributed by atoms with Crippen LogP contribution in [0.4, 0.5) is 0 Å². The number of likely N-dealkylation sites (tertiary alicyclic amines) is 1. The molecule has 2 saturated heterocycles. The molecule has 4 N–H and O–H groups in total. The molecule has 0 aliphatic carbocycles. The third-order valence-electron chi connectivity index (χ3n) is 4.88. The van der Waals surface area contributed by atoms with E-state index in [1.807, 2.05) is 6.07 Å². The molecule has 0 bridgehead atoms. The summed E-state index contributed by atoms with van der Waals surface area (Å²) in [5, 5.41) is 39.3. The lowest BCUT2D eigenvalue weighted by Crippen LogP contribution is -3.00. The van der Waals surface area contributed by atoms with Crippen molar-refractivity contribution in [3.05, 3.63) is 30.1 Å². The van der Waals surface area contributed by atoms with Gasteiger partial charge in [-0.1, -0.05) is 0 Å². The van der Waals surface area contributed by atoms with Gasteiger partial charge in [0.1, 0.15) is 18.3 Å². The van der Waals surface area contributed by atoms with Crippen molar-refractivity contribution in [3.8, 4) is 0 Å². The summed E-state index contributed by atoms with van der Waals surface area (Å²) in [6, 6.07) is 3.61. The van der Waals surface area contributed by atoms with Gasteiger partial charge in [0.2, 0.25) is 5.91 Å². The van der Waals surface area contributed by atoms with E-state index in [-0.39, 0.29) is 24.4 Å². The van der Waals surface area contributed by atoms with Gasteiger partial charge in [-0.2, -0.15) is 4.57 Å². The number of rotatable bonds is 3. The second-order valence-corrected chi connectivity index (χ2v) is 6.36. The lowest BCUT2D eigenvalue weighted by Gasteiger charge is -2.36. The Balaban J connectivity index is 0.00000225. The molecule has 6 unspecified atom stereocenters. The van der Waals surface area contributed by atoms with Crippen molar-refractivity contribution < 1.29 is 46.9 Å². The van der Waals surface area contributed by atoms with Crippen molar-refractivity contribution in [1.82, 2.24) is 4.90 Å². The number of aliphatic hydroxyl groups excluding tert-OH is 4. The number of hydrogen-bond acceptors (Lipinski definition) is 6. The van der Waals surface area contributed by atoms with E-state index in [0.29, 0.717) is 12.8 Å². The summed E-state index contributed by atoms with van der Waals surface area (Å²) >= 11 is 0. The van der Waals surface area contributed by atoms with Crippen molar-refractivity contribution in [2.75, 3.05) is 13.7 Å². The molecule has 2 aliphatic heterocycles. The molecule has 25 heavy (non-hydrogen) atoms. The zero-order valence-electron chi connectivity index (χ0n) is 13.8. The third kappa shape index (κ3) is 3.64. The Labute approximate surface area is 151 Å². The Morgan fingerprint density at radius 2 is 2.00 bits per heavy atom. The minimum atomic E-state index is -1.42. The average molecular weight is 375 g/mol. The molecule has 9 heteroatoms. The largest absolute Gasteiger partial charge is 1.00 e. The summed E-state index contributed by atoms with van der Waals surface area (Å²) < 4.78 is 7.15. The second kappa shape index (κ2) is 7.94.